The molecular weight excluding hydrogens is 406 g/mol. The van der Waals surface area contributed by atoms with Gasteiger partial charge in [-0.3, -0.25) is 4.79 Å². The highest BCUT2D eigenvalue weighted by Gasteiger charge is 2.60. The molecule has 1 amide bonds. The Kier molecular flexibility index (Phi) is 3.59. The lowest BCUT2D eigenvalue weighted by atomic mass is 9.49. The Bertz CT molecular complexity index is 738. The lowest BCUT2D eigenvalue weighted by Gasteiger charge is -2.59. The van der Waals surface area contributed by atoms with E-state index in [1.165, 1.54) is 6.42 Å². The fourth-order valence-electron chi connectivity index (χ4n) is 5.83. The molecule has 6 rings (SSSR count). The molecule has 0 spiro atoms. The van der Waals surface area contributed by atoms with Crippen LogP contribution in [0.1, 0.15) is 38.5 Å². The first-order chi connectivity index (χ1) is 11.9. The van der Waals surface area contributed by atoms with E-state index in [1.54, 1.807) is 0 Å². The van der Waals surface area contributed by atoms with Crippen LogP contribution in [0, 0.1) is 17.3 Å². The minimum absolute atomic E-state index is 0.115. The van der Waals surface area contributed by atoms with E-state index >= 15 is 0 Å². The number of benzene rings is 1. The topological polar surface area (TPSA) is 47.6 Å². The van der Waals surface area contributed by atoms with Gasteiger partial charge in [0.05, 0.1) is 11.1 Å². The summed E-state index contributed by atoms with van der Waals surface area (Å²) in [5, 5.41) is 3.15. The van der Waals surface area contributed by atoms with Gasteiger partial charge in [-0.2, -0.15) is 0 Å². The van der Waals surface area contributed by atoms with Gasteiger partial charge in [-0.15, -0.1) is 11.6 Å². The Balaban J connectivity index is 1.42. The smallest absolute Gasteiger partial charge is 0.230 e. The molecule has 4 fully saturated rings. The predicted octanol–water partition coefficient (Wildman–Crippen LogP) is 4.74. The summed E-state index contributed by atoms with van der Waals surface area (Å²) >= 11 is 10.4. The fraction of sp³-hybridized carbons (Fsp3) is 0.632. The fourth-order valence-corrected chi connectivity index (χ4v) is 6.94. The number of hydrogen-bond acceptors (Lipinski definition) is 3. The summed E-state index contributed by atoms with van der Waals surface area (Å²) in [6.07, 6.45) is 6.17. The zero-order valence-electron chi connectivity index (χ0n) is 13.9. The van der Waals surface area contributed by atoms with Crippen LogP contribution < -0.4 is 14.8 Å². The molecule has 1 N–H and O–H groups in total. The number of amides is 1. The van der Waals surface area contributed by atoms with E-state index in [1.807, 2.05) is 12.1 Å². The average Bonchev–Trinajstić information content (AvgIpc) is 2.53. The van der Waals surface area contributed by atoms with Gasteiger partial charge in [0.1, 0.15) is 13.2 Å². The number of nitrogens with one attached hydrogen (secondary N) is 1. The zero-order valence-corrected chi connectivity index (χ0v) is 16.3. The van der Waals surface area contributed by atoms with Gasteiger partial charge in [0.25, 0.3) is 0 Å². The SMILES string of the molecule is O=C(Nc1cc2c(cc1Br)OCCO2)C12C[C@H]3C[C@@H](CC(Cl)(C3)C1)C2. The molecule has 2 atom stereocenters. The van der Waals surface area contributed by atoms with Crippen molar-refractivity contribution >= 4 is 39.1 Å². The molecule has 0 aromatic heterocycles. The number of carbonyl (C=O) groups is 1. The standard InChI is InChI=1S/C19H21BrClNO3/c20-13-4-15-16(25-2-1-24-15)5-14(13)22-17(23)18-6-11-3-12(7-18)9-19(21,8-11)10-18/h4-5,11-12H,1-3,6-10H2,(H,22,23)/t11-,12-,18?,19?/m1/s1. The van der Waals surface area contributed by atoms with Crippen LogP contribution in [0.5, 0.6) is 11.5 Å². The third-order valence-electron chi connectivity index (χ3n) is 6.35. The summed E-state index contributed by atoms with van der Waals surface area (Å²) in [6.45, 7) is 1.08. The molecule has 4 aliphatic carbocycles. The normalized spacial score (nSPS) is 37.8. The van der Waals surface area contributed by atoms with Crippen LogP contribution in [0.25, 0.3) is 0 Å². The number of halogens is 2. The van der Waals surface area contributed by atoms with Gasteiger partial charge in [-0.05, 0) is 66.3 Å². The van der Waals surface area contributed by atoms with Crippen LogP contribution in [0.4, 0.5) is 5.69 Å². The maximum atomic E-state index is 13.3. The summed E-state index contributed by atoms with van der Waals surface area (Å²) < 4.78 is 12.1. The largest absolute Gasteiger partial charge is 0.486 e. The maximum absolute atomic E-state index is 13.3. The summed E-state index contributed by atoms with van der Waals surface area (Å²) in [5.74, 6) is 2.72. The number of rotatable bonds is 2. The molecule has 1 heterocycles. The van der Waals surface area contributed by atoms with Gasteiger partial charge >= 0.3 is 0 Å². The molecule has 4 nitrogen and oxygen atoms in total. The molecule has 0 unspecified atom stereocenters. The lowest BCUT2D eigenvalue weighted by molar-refractivity contribution is -0.138. The van der Waals surface area contributed by atoms with Gasteiger partial charge in [0.15, 0.2) is 11.5 Å². The Morgan fingerprint density at radius 1 is 1.12 bits per heavy atom. The van der Waals surface area contributed by atoms with E-state index in [0.717, 1.165) is 42.3 Å². The highest BCUT2D eigenvalue weighted by molar-refractivity contribution is 9.10. The average molecular weight is 427 g/mol. The number of carbonyl (C=O) groups excluding carboxylic acids is 1. The van der Waals surface area contributed by atoms with Gasteiger partial charge in [0.2, 0.25) is 5.91 Å². The number of alkyl halides is 1. The second-order valence-electron chi connectivity index (χ2n) is 8.32. The van der Waals surface area contributed by atoms with Crippen molar-refractivity contribution < 1.29 is 14.3 Å². The molecule has 4 bridgehead atoms. The highest BCUT2D eigenvalue weighted by Crippen LogP contribution is 2.64. The molecule has 1 aromatic rings. The molecule has 4 saturated carbocycles. The molecule has 1 aromatic carbocycles. The van der Waals surface area contributed by atoms with Crippen molar-refractivity contribution in [2.75, 3.05) is 18.5 Å². The molecular formula is C19H21BrClNO3. The Morgan fingerprint density at radius 3 is 2.40 bits per heavy atom. The van der Waals surface area contributed by atoms with Crippen molar-refractivity contribution in [1.29, 1.82) is 0 Å². The van der Waals surface area contributed by atoms with Crippen molar-refractivity contribution in [3.05, 3.63) is 16.6 Å². The van der Waals surface area contributed by atoms with Crippen LogP contribution in [0.15, 0.2) is 16.6 Å². The first-order valence-corrected chi connectivity index (χ1v) is 10.2. The maximum Gasteiger partial charge on any atom is 0.230 e. The van der Waals surface area contributed by atoms with Crippen LogP contribution in [-0.4, -0.2) is 24.0 Å². The van der Waals surface area contributed by atoms with E-state index in [2.05, 4.69) is 21.2 Å². The first-order valence-electron chi connectivity index (χ1n) is 9.04. The van der Waals surface area contributed by atoms with E-state index in [9.17, 15) is 4.79 Å². The van der Waals surface area contributed by atoms with Crippen molar-refractivity contribution in [3.8, 4) is 11.5 Å². The van der Waals surface area contributed by atoms with Crippen molar-refractivity contribution in [3.63, 3.8) is 0 Å². The number of hydrogen-bond donors (Lipinski definition) is 1. The van der Waals surface area contributed by atoms with Crippen LogP contribution in [-0.2, 0) is 4.79 Å². The summed E-state index contributed by atoms with van der Waals surface area (Å²) in [4.78, 5) is 13.1. The molecule has 134 valence electrons. The number of ether oxygens (including phenoxy) is 2. The van der Waals surface area contributed by atoms with Gasteiger partial charge in [-0.25, -0.2) is 0 Å². The molecule has 0 radical (unpaired) electrons. The molecule has 5 aliphatic rings. The third-order valence-corrected chi connectivity index (χ3v) is 7.45. The predicted molar refractivity (Wildman–Crippen MR) is 99.5 cm³/mol. The highest BCUT2D eigenvalue weighted by atomic mass is 79.9. The number of anilines is 1. The van der Waals surface area contributed by atoms with Gasteiger partial charge in [-0.1, -0.05) is 0 Å². The minimum Gasteiger partial charge on any atom is -0.486 e. The third kappa shape index (κ3) is 2.66. The van der Waals surface area contributed by atoms with Crippen LogP contribution >= 0.6 is 27.5 Å². The van der Waals surface area contributed by atoms with Crippen molar-refractivity contribution in [2.24, 2.45) is 17.3 Å². The molecule has 6 heteroatoms. The quantitative estimate of drug-likeness (QED) is 0.695. The first kappa shape index (κ1) is 16.2. The van der Waals surface area contributed by atoms with E-state index in [4.69, 9.17) is 21.1 Å². The van der Waals surface area contributed by atoms with Crippen molar-refractivity contribution in [2.45, 2.75) is 43.4 Å². The van der Waals surface area contributed by atoms with Crippen LogP contribution in [0.3, 0.4) is 0 Å². The van der Waals surface area contributed by atoms with E-state index < -0.39 is 0 Å². The molecule has 0 saturated heterocycles. The Hall–Kier alpha value is -0.940. The zero-order chi connectivity index (χ0) is 17.2. The van der Waals surface area contributed by atoms with Gasteiger partial charge in [0, 0.05) is 21.5 Å². The van der Waals surface area contributed by atoms with E-state index in [0.29, 0.717) is 36.5 Å². The minimum atomic E-state index is -0.307. The Labute approximate surface area is 160 Å². The Morgan fingerprint density at radius 2 is 1.76 bits per heavy atom. The summed E-state index contributed by atoms with van der Waals surface area (Å²) in [5.41, 5.74) is 0.437. The number of fused-ring (bicyclic) bond motifs is 1. The van der Waals surface area contributed by atoms with Gasteiger partial charge < -0.3 is 14.8 Å². The second-order valence-corrected chi connectivity index (χ2v) is 9.98. The lowest BCUT2D eigenvalue weighted by Crippen LogP contribution is -2.57. The molecule has 1 aliphatic heterocycles. The van der Waals surface area contributed by atoms with E-state index in [-0.39, 0.29) is 16.2 Å². The summed E-state index contributed by atoms with van der Waals surface area (Å²) in [6, 6.07) is 3.72. The molecule has 25 heavy (non-hydrogen) atoms. The summed E-state index contributed by atoms with van der Waals surface area (Å²) in [7, 11) is 0. The second kappa shape index (κ2) is 5.53. The van der Waals surface area contributed by atoms with Crippen LogP contribution in [0.2, 0.25) is 0 Å². The van der Waals surface area contributed by atoms with Crippen molar-refractivity contribution in [1.82, 2.24) is 0 Å². The monoisotopic (exact) mass is 425 g/mol.